The molecule has 2 aromatic carbocycles. The Morgan fingerprint density at radius 2 is 1.74 bits per heavy atom. The number of aromatic nitrogens is 1. The first kappa shape index (κ1) is 17.5. The van der Waals surface area contributed by atoms with Crippen molar-refractivity contribution in [2.24, 2.45) is 0 Å². The predicted octanol–water partition coefficient (Wildman–Crippen LogP) is 3.15. The summed E-state index contributed by atoms with van der Waals surface area (Å²) in [6.45, 7) is 0.930. The van der Waals surface area contributed by atoms with Crippen molar-refractivity contribution >= 4 is 16.7 Å². The third kappa shape index (κ3) is 3.51. The predicted molar refractivity (Wildman–Crippen MR) is 104 cm³/mol. The summed E-state index contributed by atoms with van der Waals surface area (Å²) in [5, 5.41) is 23.0. The molecule has 0 saturated carbocycles. The van der Waals surface area contributed by atoms with Crippen molar-refractivity contribution < 1.29 is 15.0 Å². The molecule has 2 N–H and O–H groups in total. The van der Waals surface area contributed by atoms with Crippen LogP contribution in [0.15, 0.2) is 60.9 Å². The molecule has 4 rings (SSSR count). The van der Waals surface area contributed by atoms with Gasteiger partial charge in [-0.2, -0.15) is 0 Å². The summed E-state index contributed by atoms with van der Waals surface area (Å²) >= 11 is 0. The van der Waals surface area contributed by atoms with Gasteiger partial charge in [-0.1, -0.05) is 30.3 Å². The summed E-state index contributed by atoms with van der Waals surface area (Å²) in [5.41, 5.74) is 0.538. The number of hydrogen-bond acceptors (Lipinski definition) is 4. The van der Waals surface area contributed by atoms with Crippen molar-refractivity contribution in [3.63, 3.8) is 0 Å². The number of pyridine rings is 1. The second kappa shape index (κ2) is 7.00. The minimum Gasteiger partial charge on any atom is -0.506 e. The normalized spacial score (nSPS) is 16.4. The highest BCUT2D eigenvalue weighted by molar-refractivity contribution is 6.03. The summed E-state index contributed by atoms with van der Waals surface area (Å²) in [6.07, 6.45) is 5.02. The lowest BCUT2D eigenvalue weighted by Crippen LogP contribution is -2.47. The van der Waals surface area contributed by atoms with Gasteiger partial charge < -0.3 is 15.1 Å². The molecule has 1 aliphatic heterocycles. The van der Waals surface area contributed by atoms with E-state index in [0.717, 1.165) is 10.9 Å². The third-order valence-electron chi connectivity index (χ3n) is 5.39. The lowest BCUT2D eigenvalue weighted by Gasteiger charge is -2.38. The largest absolute Gasteiger partial charge is 0.506 e. The van der Waals surface area contributed by atoms with Gasteiger partial charge in [0, 0.05) is 37.3 Å². The Kier molecular flexibility index (Phi) is 4.54. The Morgan fingerprint density at radius 3 is 2.48 bits per heavy atom. The Bertz CT molecular complexity index is 964. The second-order valence-electron chi connectivity index (χ2n) is 7.23. The zero-order chi connectivity index (χ0) is 18.9. The minimum atomic E-state index is -0.816. The van der Waals surface area contributed by atoms with E-state index in [-0.39, 0.29) is 11.7 Å². The summed E-state index contributed by atoms with van der Waals surface area (Å²) in [6, 6.07) is 14.8. The summed E-state index contributed by atoms with van der Waals surface area (Å²) in [5.74, 6) is -0.167. The number of carbonyl (C=O) groups is 1. The van der Waals surface area contributed by atoms with Gasteiger partial charge in [0.05, 0.1) is 11.2 Å². The van der Waals surface area contributed by atoms with Crippen LogP contribution in [0.25, 0.3) is 10.8 Å². The molecule has 27 heavy (non-hydrogen) atoms. The zero-order valence-corrected chi connectivity index (χ0v) is 15.0. The fraction of sp³-hybridized carbons (Fsp3) is 0.273. The molecule has 0 radical (unpaired) electrons. The zero-order valence-electron chi connectivity index (χ0n) is 15.0. The van der Waals surface area contributed by atoms with Crippen LogP contribution in [0.4, 0.5) is 0 Å². The van der Waals surface area contributed by atoms with Crippen molar-refractivity contribution in [3.05, 3.63) is 72.1 Å². The Balaban J connectivity index is 1.48. The number of benzene rings is 2. The molecule has 0 unspecified atom stereocenters. The van der Waals surface area contributed by atoms with Crippen LogP contribution in [0.5, 0.6) is 5.75 Å². The van der Waals surface area contributed by atoms with Crippen molar-refractivity contribution in [1.82, 2.24) is 9.88 Å². The van der Waals surface area contributed by atoms with Crippen LogP contribution in [0.2, 0.25) is 0 Å². The Hall–Kier alpha value is -2.92. The molecule has 0 aliphatic carbocycles. The Labute approximate surface area is 157 Å². The Morgan fingerprint density at radius 1 is 1.04 bits per heavy atom. The van der Waals surface area contributed by atoms with Crippen LogP contribution >= 0.6 is 0 Å². The number of piperidine rings is 1. The number of phenols is 1. The van der Waals surface area contributed by atoms with Gasteiger partial charge in [0.15, 0.2) is 0 Å². The number of aromatic hydroxyl groups is 1. The minimum absolute atomic E-state index is 0.0238. The molecule has 5 nitrogen and oxygen atoms in total. The maximum absolute atomic E-state index is 12.9. The van der Waals surface area contributed by atoms with Gasteiger partial charge in [-0.3, -0.25) is 9.78 Å². The maximum Gasteiger partial charge on any atom is 0.257 e. The first-order chi connectivity index (χ1) is 13.1. The molecular formula is C22H22N2O3. The SMILES string of the molecule is O=C(c1ccc2ccccc2c1O)N1CCC(O)(Cc2ccncc2)CC1. The molecular weight excluding hydrogens is 340 g/mol. The average Bonchev–Trinajstić information content (AvgIpc) is 2.69. The van der Waals surface area contributed by atoms with Crippen LogP contribution < -0.4 is 0 Å². The number of amides is 1. The smallest absolute Gasteiger partial charge is 0.257 e. The molecule has 3 aromatic rings. The lowest BCUT2D eigenvalue weighted by molar-refractivity contribution is -0.0162. The first-order valence-electron chi connectivity index (χ1n) is 9.17. The lowest BCUT2D eigenvalue weighted by atomic mass is 9.85. The van der Waals surface area contributed by atoms with Gasteiger partial charge in [-0.25, -0.2) is 0 Å². The van der Waals surface area contributed by atoms with E-state index in [1.807, 2.05) is 42.5 Å². The summed E-state index contributed by atoms with van der Waals surface area (Å²) in [7, 11) is 0. The van der Waals surface area contributed by atoms with Crippen LogP contribution in [0, 0.1) is 0 Å². The number of fused-ring (bicyclic) bond motifs is 1. The number of aliphatic hydroxyl groups is 1. The summed E-state index contributed by atoms with van der Waals surface area (Å²) < 4.78 is 0. The van der Waals surface area contributed by atoms with E-state index in [1.165, 1.54) is 0 Å². The molecule has 5 heteroatoms. The highest BCUT2D eigenvalue weighted by atomic mass is 16.3. The molecule has 2 heterocycles. The van der Waals surface area contributed by atoms with Crippen molar-refractivity contribution in [2.75, 3.05) is 13.1 Å². The van der Waals surface area contributed by atoms with Gasteiger partial charge in [0.25, 0.3) is 5.91 Å². The van der Waals surface area contributed by atoms with Crippen LogP contribution in [0.3, 0.4) is 0 Å². The molecule has 1 aromatic heterocycles. The number of hydrogen-bond donors (Lipinski definition) is 2. The van der Waals surface area contributed by atoms with E-state index < -0.39 is 5.60 Å². The van der Waals surface area contributed by atoms with E-state index in [9.17, 15) is 15.0 Å². The van der Waals surface area contributed by atoms with Gasteiger partial charge in [-0.15, -0.1) is 0 Å². The number of phenolic OH excluding ortho intramolecular Hbond substituents is 1. The maximum atomic E-state index is 12.9. The highest BCUT2D eigenvalue weighted by Gasteiger charge is 2.34. The van der Waals surface area contributed by atoms with Crippen molar-refractivity contribution in [1.29, 1.82) is 0 Å². The van der Waals surface area contributed by atoms with E-state index in [2.05, 4.69) is 4.98 Å². The van der Waals surface area contributed by atoms with Crippen molar-refractivity contribution in [2.45, 2.75) is 24.9 Å². The van der Waals surface area contributed by atoms with Gasteiger partial charge >= 0.3 is 0 Å². The van der Waals surface area contributed by atoms with E-state index in [1.54, 1.807) is 23.4 Å². The second-order valence-corrected chi connectivity index (χ2v) is 7.23. The molecule has 0 atom stereocenters. The molecule has 0 spiro atoms. The standard InChI is InChI=1S/C22H22N2O3/c25-20-18-4-2-1-3-17(18)5-6-19(20)21(26)24-13-9-22(27,10-14-24)15-16-7-11-23-12-8-16/h1-8,11-12,25,27H,9-10,13-15H2. The van der Waals surface area contributed by atoms with Crippen LogP contribution in [-0.4, -0.2) is 44.7 Å². The van der Waals surface area contributed by atoms with Crippen LogP contribution in [0.1, 0.15) is 28.8 Å². The van der Waals surface area contributed by atoms with E-state index >= 15 is 0 Å². The summed E-state index contributed by atoms with van der Waals surface area (Å²) in [4.78, 5) is 18.6. The quantitative estimate of drug-likeness (QED) is 0.751. The fourth-order valence-corrected chi connectivity index (χ4v) is 3.78. The van der Waals surface area contributed by atoms with E-state index in [4.69, 9.17) is 0 Å². The monoisotopic (exact) mass is 362 g/mol. The highest BCUT2D eigenvalue weighted by Crippen LogP contribution is 2.32. The average molecular weight is 362 g/mol. The third-order valence-corrected chi connectivity index (χ3v) is 5.39. The fourth-order valence-electron chi connectivity index (χ4n) is 3.78. The molecule has 1 amide bonds. The van der Waals surface area contributed by atoms with Gasteiger partial charge in [0.1, 0.15) is 5.75 Å². The number of likely N-dealkylation sites (tertiary alicyclic amines) is 1. The molecule has 1 aliphatic rings. The number of rotatable bonds is 3. The number of nitrogens with zero attached hydrogens (tertiary/aromatic N) is 2. The number of carbonyl (C=O) groups excluding carboxylic acids is 1. The molecule has 0 bridgehead atoms. The molecule has 138 valence electrons. The van der Waals surface area contributed by atoms with Gasteiger partial charge in [0.2, 0.25) is 0 Å². The van der Waals surface area contributed by atoms with Crippen LogP contribution in [-0.2, 0) is 6.42 Å². The topological polar surface area (TPSA) is 73.7 Å². The molecule has 1 saturated heterocycles. The van der Waals surface area contributed by atoms with Gasteiger partial charge in [-0.05, 0) is 42.0 Å². The molecule has 1 fully saturated rings. The first-order valence-corrected chi connectivity index (χ1v) is 9.17. The van der Waals surface area contributed by atoms with Crippen molar-refractivity contribution in [3.8, 4) is 5.75 Å². The van der Waals surface area contributed by atoms with E-state index in [0.29, 0.717) is 43.3 Å².